The van der Waals surface area contributed by atoms with Crippen molar-refractivity contribution in [2.24, 2.45) is 5.73 Å². The molecule has 0 spiro atoms. The highest BCUT2D eigenvalue weighted by molar-refractivity contribution is 7.80. The Labute approximate surface area is 70.9 Å². The summed E-state index contributed by atoms with van der Waals surface area (Å²) in [5, 5.41) is 9.21. The molecule has 0 bridgehead atoms. The van der Waals surface area contributed by atoms with E-state index >= 15 is 0 Å². The summed E-state index contributed by atoms with van der Waals surface area (Å²) in [6, 6.07) is -0.0544. The van der Waals surface area contributed by atoms with Crippen LogP contribution < -0.4 is 5.73 Å². The number of morpholine rings is 1. The third-order valence-corrected chi connectivity index (χ3v) is 1.96. The first-order valence-corrected chi connectivity index (χ1v) is 3.91. The molecule has 0 amide bonds. The Hall–Kier alpha value is -0.390. The van der Waals surface area contributed by atoms with Gasteiger partial charge >= 0.3 is 0 Å². The molecule has 1 heterocycles. The molecular weight excluding hydrogens is 164 g/mol. The normalized spacial score (nSPS) is 25.2. The molecule has 3 N–H and O–H groups in total. The minimum absolute atomic E-state index is 0.0390. The molecule has 0 aromatic heterocycles. The maximum atomic E-state index is 8.87. The zero-order valence-electron chi connectivity index (χ0n) is 6.19. The van der Waals surface area contributed by atoms with Crippen molar-refractivity contribution in [3.05, 3.63) is 0 Å². The van der Waals surface area contributed by atoms with E-state index in [2.05, 4.69) is 0 Å². The Morgan fingerprint density at radius 2 is 2.55 bits per heavy atom. The van der Waals surface area contributed by atoms with Crippen molar-refractivity contribution in [2.75, 3.05) is 26.4 Å². The summed E-state index contributed by atoms with van der Waals surface area (Å²) in [7, 11) is 0. The number of nitrogens with two attached hydrogens (primary N) is 1. The van der Waals surface area contributed by atoms with Crippen LogP contribution in [0.15, 0.2) is 0 Å². The van der Waals surface area contributed by atoms with E-state index in [0.29, 0.717) is 24.9 Å². The number of ether oxygens (including phenoxy) is 1. The first-order valence-electron chi connectivity index (χ1n) is 3.50. The van der Waals surface area contributed by atoms with E-state index in [9.17, 15) is 0 Å². The average Bonchev–Trinajstić information content (AvgIpc) is 2.04. The largest absolute Gasteiger partial charge is 0.394 e. The molecule has 1 aliphatic rings. The van der Waals surface area contributed by atoms with Gasteiger partial charge in [-0.15, -0.1) is 0 Å². The molecular formula is C6H12N2O2S. The summed E-state index contributed by atoms with van der Waals surface area (Å²) >= 11 is 4.80. The molecule has 0 radical (unpaired) electrons. The monoisotopic (exact) mass is 176 g/mol. The number of aliphatic hydroxyl groups is 1. The Kier molecular flexibility index (Phi) is 3.04. The van der Waals surface area contributed by atoms with Gasteiger partial charge in [0.15, 0.2) is 5.11 Å². The minimum Gasteiger partial charge on any atom is -0.394 e. The number of aliphatic hydroxyl groups excluding tert-OH is 1. The number of thiocarbonyl (C=S) groups is 1. The Balaban J connectivity index is 2.51. The van der Waals surface area contributed by atoms with Crippen LogP contribution in [0.1, 0.15) is 0 Å². The summed E-state index contributed by atoms with van der Waals surface area (Å²) in [5.74, 6) is 0. The standard InChI is InChI=1S/C6H12N2O2S/c7-6(11)8-1-2-10-4-5(8)3-9/h5,9H,1-4H2,(H2,7,11). The molecule has 1 rings (SSSR count). The molecule has 1 atom stereocenters. The second kappa shape index (κ2) is 3.85. The van der Waals surface area contributed by atoms with Crippen molar-refractivity contribution in [2.45, 2.75) is 6.04 Å². The Morgan fingerprint density at radius 3 is 3.00 bits per heavy atom. The number of hydrogen-bond acceptors (Lipinski definition) is 3. The van der Waals surface area contributed by atoms with Gasteiger partial charge in [-0.1, -0.05) is 0 Å². The predicted octanol–water partition coefficient (Wildman–Crippen LogP) is -1.08. The lowest BCUT2D eigenvalue weighted by molar-refractivity contribution is 0.00538. The van der Waals surface area contributed by atoms with Gasteiger partial charge in [0.05, 0.1) is 25.9 Å². The van der Waals surface area contributed by atoms with Gasteiger partial charge in [-0.2, -0.15) is 0 Å². The maximum Gasteiger partial charge on any atom is 0.166 e. The quantitative estimate of drug-likeness (QED) is 0.498. The summed E-state index contributed by atoms with van der Waals surface area (Å²) in [4.78, 5) is 1.79. The second-order valence-electron chi connectivity index (χ2n) is 2.44. The van der Waals surface area contributed by atoms with Crippen molar-refractivity contribution in [3.8, 4) is 0 Å². The highest BCUT2D eigenvalue weighted by Crippen LogP contribution is 2.05. The fourth-order valence-electron chi connectivity index (χ4n) is 1.10. The van der Waals surface area contributed by atoms with Crippen LogP contribution in [0.25, 0.3) is 0 Å². The third-order valence-electron chi connectivity index (χ3n) is 1.72. The Morgan fingerprint density at radius 1 is 1.82 bits per heavy atom. The molecule has 11 heavy (non-hydrogen) atoms. The first-order chi connectivity index (χ1) is 5.25. The van der Waals surface area contributed by atoms with Crippen molar-refractivity contribution < 1.29 is 9.84 Å². The lowest BCUT2D eigenvalue weighted by Gasteiger charge is -2.34. The lowest BCUT2D eigenvalue weighted by atomic mass is 10.2. The predicted molar refractivity (Wildman–Crippen MR) is 45.2 cm³/mol. The molecule has 64 valence electrons. The highest BCUT2D eigenvalue weighted by Gasteiger charge is 2.22. The molecule has 1 unspecified atom stereocenters. The SMILES string of the molecule is NC(=S)N1CCOCC1CO. The van der Waals surface area contributed by atoms with E-state index in [1.54, 1.807) is 4.90 Å². The molecule has 0 aliphatic carbocycles. The van der Waals surface area contributed by atoms with Crippen LogP contribution in [0.5, 0.6) is 0 Å². The zero-order chi connectivity index (χ0) is 8.27. The topological polar surface area (TPSA) is 58.7 Å². The van der Waals surface area contributed by atoms with Crippen LogP contribution >= 0.6 is 12.2 Å². The molecule has 4 nitrogen and oxygen atoms in total. The summed E-state index contributed by atoms with van der Waals surface area (Å²) in [5.41, 5.74) is 5.42. The molecule has 5 heteroatoms. The van der Waals surface area contributed by atoms with Gasteiger partial charge < -0.3 is 20.5 Å². The molecule has 0 saturated carbocycles. The number of rotatable bonds is 1. The molecule has 0 aromatic carbocycles. The number of hydrogen-bond donors (Lipinski definition) is 2. The van der Waals surface area contributed by atoms with Crippen LogP contribution in [0, 0.1) is 0 Å². The van der Waals surface area contributed by atoms with E-state index in [4.69, 9.17) is 27.8 Å². The van der Waals surface area contributed by atoms with Crippen molar-refractivity contribution in [3.63, 3.8) is 0 Å². The van der Waals surface area contributed by atoms with E-state index < -0.39 is 0 Å². The van der Waals surface area contributed by atoms with Crippen molar-refractivity contribution in [1.29, 1.82) is 0 Å². The van der Waals surface area contributed by atoms with E-state index in [-0.39, 0.29) is 12.6 Å². The minimum atomic E-state index is -0.0544. The van der Waals surface area contributed by atoms with Gasteiger partial charge in [-0.05, 0) is 12.2 Å². The highest BCUT2D eigenvalue weighted by atomic mass is 32.1. The second-order valence-corrected chi connectivity index (χ2v) is 2.86. The first kappa shape index (κ1) is 8.70. The molecule has 1 aliphatic heterocycles. The van der Waals surface area contributed by atoms with Gasteiger partial charge in [0.2, 0.25) is 0 Å². The van der Waals surface area contributed by atoms with Crippen LogP contribution in [0.4, 0.5) is 0 Å². The smallest absolute Gasteiger partial charge is 0.166 e. The molecule has 1 fully saturated rings. The van der Waals surface area contributed by atoms with Crippen LogP contribution in [0.3, 0.4) is 0 Å². The van der Waals surface area contributed by atoms with Gasteiger partial charge in [0.25, 0.3) is 0 Å². The van der Waals surface area contributed by atoms with E-state index in [0.717, 1.165) is 0 Å². The summed E-state index contributed by atoms with van der Waals surface area (Å²) in [6.45, 7) is 1.86. The van der Waals surface area contributed by atoms with Gasteiger partial charge in [-0.3, -0.25) is 0 Å². The van der Waals surface area contributed by atoms with E-state index in [1.165, 1.54) is 0 Å². The average molecular weight is 176 g/mol. The van der Waals surface area contributed by atoms with E-state index in [1.807, 2.05) is 0 Å². The summed E-state index contributed by atoms with van der Waals surface area (Å²) < 4.78 is 5.14. The van der Waals surface area contributed by atoms with Crippen LogP contribution in [-0.4, -0.2) is 47.5 Å². The van der Waals surface area contributed by atoms with Crippen LogP contribution in [-0.2, 0) is 4.74 Å². The fourth-order valence-corrected chi connectivity index (χ4v) is 1.34. The third kappa shape index (κ3) is 2.02. The molecule has 0 aromatic rings. The van der Waals surface area contributed by atoms with Gasteiger partial charge in [0.1, 0.15) is 0 Å². The molecule has 1 saturated heterocycles. The summed E-state index contributed by atoms with van der Waals surface area (Å²) in [6.07, 6.45) is 0. The lowest BCUT2D eigenvalue weighted by Crippen LogP contribution is -2.52. The van der Waals surface area contributed by atoms with Gasteiger partial charge in [0, 0.05) is 6.54 Å². The Bertz CT molecular complexity index is 154. The van der Waals surface area contributed by atoms with Gasteiger partial charge in [-0.25, -0.2) is 0 Å². The fraction of sp³-hybridized carbons (Fsp3) is 0.833. The zero-order valence-corrected chi connectivity index (χ0v) is 7.01. The van der Waals surface area contributed by atoms with Crippen molar-refractivity contribution >= 4 is 17.3 Å². The van der Waals surface area contributed by atoms with Crippen molar-refractivity contribution in [1.82, 2.24) is 4.90 Å². The maximum absolute atomic E-state index is 8.87. The van der Waals surface area contributed by atoms with Crippen LogP contribution in [0.2, 0.25) is 0 Å². The number of nitrogens with zero attached hydrogens (tertiary/aromatic N) is 1.